The summed E-state index contributed by atoms with van der Waals surface area (Å²) in [6.45, 7) is 4.11. The Hall–Kier alpha value is -0.300. The fraction of sp³-hybridized carbons (Fsp3) is 0.818. The maximum atomic E-state index is 9.23. The molecule has 0 saturated heterocycles. The van der Waals surface area contributed by atoms with Gasteiger partial charge in [-0.2, -0.15) is 0 Å². The molecule has 0 amide bonds. The lowest BCUT2D eigenvalue weighted by atomic mass is 10.2. The van der Waals surface area contributed by atoms with Gasteiger partial charge >= 0.3 is 0 Å². The topological polar surface area (TPSA) is 20.2 Å². The largest absolute Gasteiger partial charge is 0.393 e. The van der Waals surface area contributed by atoms with Crippen molar-refractivity contribution in [2.75, 3.05) is 0 Å². The summed E-state index contributed by atoms with van der Waals surface area (Å²) in [5.74, 6) is 1.24. The van der Waals surface area contributed by atoms with E-state index in [4.69, 9.17) is 0 Å². The maximum Gasteiger partial charge on any atom is 0.0546 e. The first-order chi connectivity index (χ1) is 5.75. The molecule has 0 aliphatic heterocycles. The first-order valence-corrected chi connectivity index (χ1v) is 5.10. The smallest absolute Gasteiger partial charge is 0.0546 e. The van der Waals surface area contributed by atoms with Gasteiger partial charge in [-0.1, -0.05) is 31.9 Å². The third-order valence-corrected chi connectivity index (χ3v) is 2.62. The minimum atomic E-state index is -0.106. The molecule has 1 N–H and O–H groups in total. The molecule has 12 heavy (non-hydrogen) atoms. The third-order valence-electron chi connectivity index (χ3n) is 2.62. The second kappa shape index (κ2) is 4.66. The van der Waals surface area contributed by atoms with Gasteiger partial charge in [-0.3, -0.25) is 0 Å². The maximum absolute atomic E-state index is 9.23. The predicted octanol–water partition coefficient (Wildman–Crippen LogP) is 2.75. The van der Waals surface area contributed by atoms with E-state index < -0.39 is 0 Å². The van der Waals surface area contributed by atoms with Gasteiger partial charge in [0.2, 0.25) is 0 Å². The Kier molecular flexibility index (Phi) is 3.80. The van der Waals surface area contributed by atoms with Crippen molar-refractivity contribution in [3.8, 4) is 0 Å². The van der Waals surface area contributed by atoms with Crippen LogP contribution < -0.4 is 0 Å². The lowest BCUT2D eigenvalue weighted by Crippen LogP contribution is -2.02. The molecule has 1 fully saturated rings. The lowest BCUT2D eigenvalue weighted by Gasteiger charge is -1.98. The molecule has 70 valence electrons. The van der Waals surface area contributed by atoms with E-state index in [0.29, 0.717) is 11.8 Å². The summed E-state index contributed by atoms with van der Waals surface area (Å²) in [5, 5.41) is 9.23. The zero-order valence-corrected chi connectivity index (χ0v) is 8.16. The summed E-state index contributed by atoms with van der Waals surface area (Å²) in [6.07, 6.45) is 9.42. The van der Waals surface area contributed by atoms with Crippen LogP contribution in [0.5, 0.6) is 0 Å². The molecular weight excluding hydrogens is 148 g/mol. The summed E-state index contributed by atoms with van der Waals surface area (Å²) in [5.41, 5.74) is 0. The Bertz CT molecular complexity index is 149. The number of rotatable bonds is 5. The Morgan fingerprint density at radius 2 is 2.33 bits per heavy atom. The standard InChI is InChI=1S/C11H20O/c1-3-4-5-6-7-10-8-11(10)9(2)12/h6-7,9-12H,3-5,8H2,1-2H3/b7-6+/t9-,10-,11-/m1/s1. The molecule has 0 aromatic heterocycles. The summed E-state index contributed by atoms with van der Waals surface area (Å²) in [7, 11) is 0. The summed E-state index contributed by atoms with van der Waals surface area (Å²) < 4.78 is 0. The number of unbranched alkanes of at least 4 members (excludes halogenated alkanes) is 2. The first kappa shape index (κ1) is 9.79. The molecular formula is C11H20O. The van der Waals surface area contributed by atoms with Gasteiger partial charge in [-0.15, -0.1) is 0 Å². The van der Waals surface area contributed by atoms with Gasteiger partial charge in [0.25, 0.3) is 0 Å². The minimum Gasteiger partial charge on any atom is -0.393 e. The minimum absolute atomic E-state index is 0.106. The van der Waals surface area contributed by atoms with Crippen molar-refractivity contribution in [2.45, 2.75) is 45.6 Å². The molecule has 1 saturated carbocycles. The lowest BCUT2D eigenvalue weighted by molar-refractivity contribution is 0.167. The number of allylic oxidation sites excluding steroid dienone is 2. The van der Waals surface area contributed by atoms with E-state index >= 15 is 0 Å². The number of aliphatic hydroxyl groups is 1. The molecule has 1 aliphatic carbocycles. The van der Waals surface area contributed by atoms with Crippen LogP contribution in [0.1, 0.15) is 39.5 Å². The van der Waals surface area contributed by atoms with Crippen molar-refractivity contribution in [3.05, 3.63) is 12.2 Å². The average molecular weight is 168 g/mol. The van der Waals surface area contributed by atoms with E-state index in [2.05, 4.69) is 19.1 Å². The predicted molar refractivity (Wildman–Crippen MR) is 51.9 cm³/mol. The molecule has 0 aromatic rings. The van der Waals surface area contributed by atoms with Crippen molar-refractivity contribution in [1.82, 2.24) is 0 Å². The van der Waals surface area contributed by atoms with Gasteiger partial charge < -0.3 is 5.11 Å². The third kappa shape index (κ3) is 2.98. The average Bonchev–Trinajstić information content (AvgIpc) is 2.77. The molecule has 1 nitrogen and oxygen atoms in total. The molecule has 0 heterocycles. The van der Waals surface area contributed by atoms with Crippen LogP contribution in [0.3, 0.4) is 0 Å². The zero-order valence-electron chi connectivity index (χ0n) is 8.16. The fourth-order valence-corrected chi connectivity index (χ4v) is 1.60. The molecule has 1 rings (SSSR count). The Morgan fingerprint density at radius 3 is 2.83 bits per heavy atom. The number of hydrogen-bond acceptors (Lipinski definition) is 1. The van der Waals surface area contributed by atoms with Crippen LogP contribution in [0, 0.1) is 11.8 Å². The van der Waals surface area contributed by atoms with E-state index in [1.54, 1.807) is 0 Å². The van der Waals surface area contributed by atoms with Crippen LogP contribution in [0.4, 0.5) is 0 Å². The quantitative estimate of drug-likeness (QED) is 0.494. The molecule has 1 aliphatic rings. The molecule has 0 unspecified atom stereocenters. The van der Waals surface area contributed by atoms with Crippen LogP contribution in [0.25, 0.3) is 0 Å². The van der Waals surface area contributed by atoms with E-state index in [1.165, 1.54) is 25.7 Å². The molecule has 3 atom stereocenters. The van der Waals surface area contributed by atoms with Crippen molar-refractivity contribution >= 4 is 0 Å². The van der Waals surface area contributed by atoms with Crippen molar-refractivity contribution < 1.29 is 5.11 Å². The van der Waals surface area contributed by atoms with Crippen LogP contribution in [-0.4, -0.2) is 11.2 Å². The summed E-state index contributed by atoms with van der Waals surface area (Å²) in [6, 6.07) is 0. The van der Waals surface area contributed by atoms with Gasteiger partial charge in [0, 0.05) is 0 Å². The van der Waals surface area contributed by atoms with E-state index in [-0.39, 0.29) is 6.10 Å². The van der Waals surface area contributed by atoms with Crippen molar-refractivity contribution in [1.29, 1.82) is 0 Å². The monoisotopic (exact) mass is 168 g/mol. The highest BCUT2D eigenvalue weighted by Crippen LogP contribution is 2.42. The van der Waals surface area contributed by atoms with Crippen LogP contribution in [0.15, 0.2) is 12.2 Å². The molecule has 1 heteroatoms. The first-order valence-electron chi connectivity index (χ1n) is 5.10. The highest BCUT2D eigenvalue weighted by Gasteiger charge is 2.37. The Labute approximate surface area is 75.5 Å². The zero-order chi connectivity index (χ0) is 8.97. The van der Waals surface area contributed by atoms with E-state index in [0.717, 1.165) is 0 Å². The van der Waals surface area contributed by atoms with Crippen LogP contribution >= 0.6 is 0 Å². The Morgan fingerprint density at radius 1 is 1.58 bits per heavy atom. The summed E-state index contributed by atoms with van der Waals surface area (Å²) >= 11 is 0. The second-order valence-corrected chi connectivity index (χ2v) is 3.87. The van der Waals surface area contributed by atoms with Crippen molar-refractivity contribution in [3.63, 3.8) is 0 Å². The van der Waals surface area contributed by atoms with Gasteiger partial charge in [-0.25, -0.2) is 0 Å². The fourth-order valence-electron chi connectivity index (χ4n) is 1.60. The van der Waals surface area contributed by atoms with Gasteiger partial charge in [0.05, 0.1) is 6.10 Å². The number of aliphatic hydroxyl groups excluding tert-OH is 1. The molecule has 0 radical (unpaired) electrons. The van der Waals surface area contributed by atoms with Gasteiger partial charge in [-0.05, 0) is 31.6 Å². The highest BCUT2D eigenvalue weighted by molar-refractivity contribution is 5.03. The van der Waals surface area contributed by atoms with Crippen LogP contribution in [-0.2, 0) is 0 Å². The van der Waals surface area contributed by atoms with Crippen molar-refractivity contribution in [2.24, 2.45) is 11.8 Å². The highest BCUT2D eigenvalue weighted by atomic mass is 16.3. The molecule has 0 aromatic carbocycles. The Balaban J connectivity index is 2.06. The molecule has 0 bridgehead atoms. The SMILES string of the molecule is CCCC/C=C/[C@@H]1C[C@@H]1[C@@H](C)O. The van der Waals surface area contributed by atoms with E-state index in [9.17, 15) is 5.11 Å². The van der Waals surface area contributed by atoms with Crippen LogP contribution in [0.2, 0.25) is 0 Å². The second-order valence-electron chi connectivity index (χ2n) is 3.87. The van der Waals surface area contributed by atoms with E-state index in [1.807, 2.05) is 6.92 Å². The van der Waals surface area contributed by atoms with Gasteiger partial charge in [0.15, 0.2) is 0 Å². The normalized spacial score (nSPS) is 30.9. The summed E-state index contributed by atoms with van der Waals surface area (Å²) in [4.78, 5) is 0. The van der Waals surface area contributed by atoms with Gasteiger partial charge in [0.1, 0.15) is 0 Å². The number of hydrogen-bond donors (Lipinski definition) is 1. The molecule has 0 spiro atoms.